The number of aliphatic hydroxyl groups is 1. The molecule has 8 heteroatoms. The zero-order chi connectivity index (χ0) is 24.1. The number of hydrogen-bond donors (Lipinski definition) is 2. The van der Waals surface area contributed by atoms with Gasteiger partial charge < -0.3 is 19.1 Å². The Hall–Kier alpha value is -4.04. The predicted octanol–water partition coefficient (Wildman–Crippen LogP) is 3.41. The molecule has 4 aromatic rings. The summed E-state index contributed by atoms with van der Waals surface area (Å²) in [5, 5.41) is 8.95. The van der Waals surface area contributed by atoms with Crippen molar-refractivity contribution in [2.24, 2.45) is 0 Å². The third-order valence-corrected chi connectivity index (χ3v) is 5.57. The second kappa shape index (κ2) is 10.3. The van der Waals surface area contributed by atoms with Gasteiger partial charge in [0, 0.05) is 0 Å². The highest BCUT2D eigenvalue weighted by atomic mass is 16.5. The molecule has 2 N–H and O–H groups in total. The lowest BCUT2D eigenvalue weighted by Crippen LogP contribution is -2.17. The highest BCUT2D eigenvalue weighted by molar-refractivity contribution is 5.72. The molecule has 34 heavy (non-hydrogen) atoms. The summed E-state index contributed by atoms with van der Waals surface area (Å²) in [6.45, 7) is 4.93. The van der Waals surface area contributed by atoms with Crippen LogP contribution in [-0.2, 0) is 13.2 Å². The number of nitrogens with one attached hydrogen (secondary N) is 1. The van der Waals surface area contributed by atoms with E-state index in [-0.39, 0.29) is 19.8 Å². The summed E-state index contributed by atoms with van der Waals surface area (Å²) in [6, 6.07) is 19.3. The molecule has 0 aliphatic carbocycles. The number of aliphatic hydroxyl groups excluding tert-OH is 1. The van der Waals surface area contributed by atoms with Crippen LogP contribution in [0.1, 0.15) is 22.3 Å². The first kappa shape index (κ1) is 23.1. The van der Waals surface area contributed by atoms with Gasteiger partial charge in [0.15, 0.2) is 0 Å². The standard InChI is InChI=1S/C26H26N2O6/c1-17-14-22(32-13-12-29)10-11-23(17)24-5-3-4-20(18(24)2)16-33-21-8-6-19(7-9-21)15-28-25(30)27-26(31)34-28/h3-11,14,29H,12-13,15-16H2,1-2H3,(H,27,30,31). The maximum atomic E-state index is 11.6. The van der Waals surface area contributed by atoms with Gasteiger partial charge in [-0.2, -0.15) is 0 Å². The number of hydrogen-bond acceptors (Lipinski definition) is 6. The van der Waals surface area contributed by atoms with Crippen LogP contribution in [0.15, 0.2) is 74.8 Å². The van der Waals surface area contributed by atoms with E-state index in [4.69, 9.17) is 19.1 Å². The summed E-state index contributed by atoms with van der Waals surface area (Å²) < 4.78 is 17.3. The van der Waals surface area contributed by atoms with E-state index in [1.54, 1.807) is 0 Å². The first-order chi connectivity index (χ1) is 16.4. The van der Waals surface area contributed by atoms with Crippen LogP contribution in [0, 0.1) is 13.8 Å². The third-order valence-electron chi connectivity index (χ3n) is 5.57. The highest BCUT2D eigenvalue weighted by Crippen LogP contribution is 2.31. The Labute approximate surface area is 196 Å². The molecule has 176 valence electrons. The second-order valence-corrected chi connectivity index (χ2v) is 7.92. The summed E-state index contributed by atoms with van der Waals surface area (Å²) >= 11 is 0. The molecule has 3 aromatic carbocycles. The molecule has 0 amide bonds. The van der Waals surface area contributed by atoms with E-state index in [1.807, 2.05) is 61.5 Å². The fourth-order valence-corrected chi connectivity index (χ4v) is 3.76. The zero-order valence-electron chi connectivity index (χ0n) is 19.0. The van der Waals surface area contributed by atoms with Crippen molar-refractivity contribution in [1.82, 2.24) is 9.72 Å². The average molecular weight is 463 g/mol. The molecular weight excluding hydrogens is 436 g/mol. The first-order valence-corrected chi connectivity index (χ1v) is 10.9. The minimum Gasteiger partial charge on any atom is -0.491 e. The van der Waals surface area contributed by atoms with Gasteiger partial charge in [-0.05, 0) is 71.5 Å². The number of aromatic amines is 1. The molecule has 4 rings (SSSR count). The Morgan fingerprint density at radius 3 is 2.38 bits per heavy atom. The molecule has 0 spiro atoms. The largest absolute Gasteiger partial charge is 0.491 e. The second-order valence-electron chi connectivity index (χ2n) is 7.92. The molecule has 0 atom stereocenters. The fourth-order valence-electron chi connectivity index (χ4n) is 3.76. The predicted molar refractivity (Wildman–Crippen MR) is 127 cm³/mol. The monoisotopic (exact) mass is 462 g/mol. The quantitative estimate of drug-likeness (QED) is 0.395. The smallest absolute Gasteiger partial charge is 0.440 e. The van der Waals surface area contributed by atoms with Crippen molar-refractivity contribution in [3.63, 3.8) is 0 Å². The molecule has 1 aromatic heterocycles. The SMILES string of the molecule is Cc1cc(OCCO)ccc1-c1cccc(COc2ccc(Cn3oc(=O)[nH]c3=O)cc2)c1C. The summed E-state index contributed by atoms with van der Waals surface area (Å²) in [6.07, 6.45) is 0. The fraction of sp³-hybridized carbons (Fsp3) is 0.231. The molecule has 0 unspecified atom stereocenters. The molecular formula is C26H26N2O6. The number of nitrogens with zero attached hydrogens (tertiary/aromatic N) is 1. The van der Waals surface area contributed by atoms with Crippen molar-refractivity contribution in [1.29, 1.82) is 0 Å². The highest BCUT2D eigenvalue weighted by Gasteiger charge is 2.11. The van der Waals surface area contributed by atoms with Crippen LogP contribution in [0.5, 0.6) is 11.5 Å². The summed E-state index contributed by atoms with van der Waals surface area (Å²) in [7, 11) is 0. The van der Waals surface area contributed by atoms with Crippen LogP contribution in [0.25, 0.3) is 11.1 Å². The lowest BCUT2D eigenvalue weighted by molar-refractivity contribution is 0.201. The number of ether oxygens (including phenoxy) is 2. The molecule has 0 fully saturated rings. The van der Waals surface area contributed by atoms with Crippen LogP contribution < -0.4 is 20.9 Å². The van der Waals surface area contributed by atoms with Crippen LogP contribution in [0.2, 0.25) is 0 Å². The van der Waals surface area contributed by atoms with Crippen LogP contribution >= 0.6 is 0 Å². The number of aromatic nitrogens is 2. The molecule has 0 aliphatic rings. The maximum Gasteiger partial charge on any atom is 0.440 e. The number of aryl methyl sites for hydroxylation is 1. The Morgan fingerprint density at radius 1 is 0.941 bits per heavy atom. The van der Waals surface area contributed by atoms with Crippen molar-refractivity contribution >= 4 is 0 Å². The van der Waals surface area contributed by atoms with E-state index in [0.717, 1.165) is 43.9 Å². The number of rotatable bonds is 9. The van der Waals surface area contributed by atoms with Gasteiger partial charge in [0.05, 0.1) is 13.2 Å². The van der Waals surface area contributed by atoms with Gasteiger partial charge in [0.25, 0.3) is 0 Å². The van der Waals surface area contributed by atoms with Gasteiger partial charge in [0.2, 0.25) is 0 Å². The Kier molecular flexibility index (Phi) is 6.98. The van der Waals surface area contributed by atoms with E-state index in [2.05, 4.69) is 18.0 Å². The number of benzene rings is 3. The van der Waals surface area contributed by atoms with Gasteiger partial charge in [-0.25, -0.2) is 14.6 Å². The van der Waals surface area contributed by atoms with Gasteiger partial charge in [-0.1, -0.05) is 36.4 Å². The minimum absolute atomic E-state index is 0.0182. The lowest BCUT2D eigenvalue weighted by atomic mass is 9.94. The van der Waals surface area contributed by atoms with E-state index in [9.17, 15) is 9.59 Å². The molecule has 1 heterocycles. The van der Waals surface area contributed by atoms with Gasteiger partial charge in [-0.15, -0.1) is 4.74 Å². The van der Waals surface area contributed by atoms with Gasteiger partial charge >= 0.3 is 11.4 Å². The average Bonchev–Trinajstić information content (AvgIpc) is 3.14. The lowest BCUT2D eigenvalue weighted by Gasteiger charge is -2.15. The molecule has 0 radical (unpaired) electrons. The molecule has 0 aliphatic heterocycles. The number of H-pyrrole nitrogens is 1. The van der Waals surface area contributed by atoms with Crippen LogP contribution in [0.3, 0.4) is 0 Å². The maximum absolute atomic E-state index is 11.6. The van der Waals surface area contributed by atoms with Crippen molar-refractivity contribution in [2.45, 2.75) is 27.0 Å². The summed E-state index contributed by atoms with van der Waals surface area (Å²) in [4.78, 5) is 24.8. The van der Waals surface area contributed by atoms with Gasteiger partial charge in [-0.3, -0.25) is 0 Å². The van der Waals surface area contributed by atoms with Crippen LogP contribution in [-0.4, -0.2) is 28.0 Å². The van der Waals surface area contributed by atoms with E-state index < -0.39 is 11.4 Å². The summed E-state index contributed by atoms with van der Waals surface area (Å²) in [5.74, 6) is 0.654. The van der Waals surface area contributed by atoms with Crippen molar-refractivity contribution in [3.05, 3.63) is 104 Å². The zero-order valence-corrected chi connectivity index (χ0v) is 19.0. The topological polar surface area (TPSA) is 107 Å². The normalized spacial score (nSPS) is 10.9. The molecule has 0 saturated carbocycles. The summed E-state index contributed by atoms with van der Waals surface area (Å²) in [5.41, 5.74) is 5.76. The minimum atomic E-state index is -0.774. The van der Waals surface area contributed by atoms with Gasteiger partial charge in [0.1, 0.15) is 24.7 Å². The third kappa shape index (κ3) is 5.29. The van der Waals surface area contributed by atoms with Crippen molar-refractivity contribution in [3.8, 4) is 22.6 Å². The van der Waals surface area contributed by atoms with E-state index in [0.29, 0.717) is 12.4 Å². The Balaban J connectivity index is 1.45. The molecule has 0 bridgehead atoms. The van der Waals surface area contributed by atoms with E-state index in [1.165, 1.54) is 0 Å². The van der Waals surface area contributed by atoms with Crippen molar-refractivity contribution < 1.29 is 19.1 Å². The molecule has 0 saturated heterocycles. The Bertz CT molecular complexity index is 1380. The van der Waals surface area contributed by atoms with Crippen molar-refractivity contribution in [2.75, 3.05) is 13.2 Å². The first-order valence-electron chi connectivity index (χ1n) is 10.9. The van der Waals surface area contributed by atoms with Crippen LogP contribution in [0.4, 0.5) is 0 Å². The Morgan fingerprint density at radius 2 is 1.71 bits per heavy atom. The molecule has 8 nitrogen and oxygen atoms in total. The van der Waals surface area contributed by atoms with E-state index >= 15 is 0 Å².